The van der Waals surface area contributed by atoms with Gasteiger partial charge in [-0.1, -0.05) is 32.9 Å². The van der Waals surface area contributed by atoms with Gasteiger partial charge in [0.15, 0.2) is 0 Å². The number of ether oxygens (including phenoxy) is 1. The van der Waals surface area contributed by atoms with Gasteiger partial charge in [-0.25, -0.2) is 0 Å². The van der Waals surface area contributed by atoms with Crippen molar-refractivity contribution in [2.75, 3.05) is 6.61 Å². The molecule has 0 spiro atoms. The molecule has 1 rings (SSSR count). The van der Waals surface area contributed by atoms with Gasteiger partial charge >= 0.3 is 5.97 Å². The Morgan fingerprint density at radius 3 is 2.60 bits per heavy atom. The van der Waals surface area contributed by atoms with Crippen molar-refractivity contribution in [1.82, 2.24) is 0 Å². The third-order valence-corrected chi connectivity index (χ3v) is 3.60. The summed E-state index contributed by atoms with van der Waals surface area (Å²) in [4.78, 5) is 11.7. The lowest BCUT2D eigenvalue weighted by atomic mass is 9.83. The molecular formula is C13H22O2. The van der Waals surface area contributed by atoms with Crippen LogP contribution in [0.25, 0.3) is 0 Å². The highest BCUT2D eigenvalue weighted by Crippen LogP contribution is 2.43. The second-order valence-electron chi connectivity index (χ2n) is 4.76. The van der Waals surface area contributed by atoms with Crippen molar-refractivity contribution in [2.45, 2.75) is 34.1 Å². The lowest BCUT2D eigenvalue weighted by Crippen LogP contribution is -2.25. The van der Waals surface area contributed by atoms with Gasteiger partial charge in [-0.15, -0.1) is 0 Å². The Morgan fingerprint density at radius 1 is 1.60 bits per heavy atom. The van der Waals surface area contributed by atoms with Crippen LogP contribution in [-0.2, 0) is 9.53 Å². The Labute approximate surface area is 92.7 Å². The topological polar surface area (TPSA) is 26.3 Å². The number of carbonyl (C=O) groups is 1. The minimum Gasteiger partial charge on any atom is -0.466 e. The van der Waals surface area contributed by atoms with E-state index in [0.29, 0.717) is 24.4 Å². The minimum atomic E-state index is -0.0791. The first kappa shape index (κ1) is 12.3. The molecule has 4 atom stereocenters. The van der Waals surface area contributed by atoms with E-state index in [9.17, 15) is 4.79 Å². The van der Waals surface area contributed by atoms with Crippen molar-refractivity contribution in [3.8, 4) is 0 Å². The zero-order valence-corrected chi connectivity index (χ0v) is 10.2. The summed E-state index contributed by atoms with van der Waals surface area (Å²) in [6.07, 6.45) is 1.15. The summed E-state index contributed by atoms with van der Waals surface area (Å²) in [7, 11) is 0. The molecule has 1 saturated carbocycles. The number of esters is 1. The Morgan fingerprint density at radius 2 is 2.20 bits per heavy atom. The number of carbonyl (C=O) groups excluding carboxylic acids is 1. The zero-order valence-electron chi connectivity index (χ0n) is 10.2. The first-order valence-electron chi connectivity index (χ1n) is 5.84. The van der Waals surface area contributed by atoms with Gasteiger partial charge in [-0.3, -0.25) is 4.79 Å². The average molecular weight is 210 g/mol. The first-order chi connectivity index (χ1) is 6.99. The van der Waals surface area contributed by atoms with E-state index in [2.05, 4.69) is 20.4 Å². The second kappa shape index (κ2) is 4.82. The van der Waals surface area contributed by atoms with E-state index < -0.39 is 0 Å². The number of rotatable bonds is 3. The van der Waals surface area contributed by atoms with Crippen LogP contribution in [0.5, 0.6) is 0 Å². The molecule has 2 heteroatoms. The molecule has 86 valence electrons. The lowest BCUT2D eigenvalue weighted by molar-refractivity contribution is -0.149. The molecule has 1 aliphatic carbocycles. The van der Waals surface area contributed by atoms with E-state index in [4.69, 9.17) is 4.74 Å². The Balaban J connectivity index is 2.70. The third kappa shape index (κ3) is 2.42. The average Bonchev–Trinajstić information content (AvgIpc) is 2.41. The molecule has 0 bridgehead atoms. The molecule has 0 aromatic carbocycles. The highest BCUT2D eigenvalue weighted by Gasteiger charge is 2.39. The van der Waals surface area contributed by atoms with E-state index >= 15 is 0 Å². The lowest BCUT2D eigenvalue weighted by Gasteiger charge is -2.23. The van der Waals surface area contributed by atoms with Gasteiger partial charge < -0.3 is 4.74 Å². The number of hydrogen-bond donors (Lipinski definition) is 0. The first-order valence-corrected chi connectivity index (χ1v) is 5.84. The van der Waals surface area contributed by atoms with Gasteiger partial charge in [-0.2, -0.15) is 0 Å². The van der Waals surface area contributed by atoms with Crippen molar-refractivity contribution >= 4 is 5.97 Å². The molecule has 0 aromatic heterocycles. The molecule has 0 radical (unpaired) electrons. The molecule has 15 heavy (non-hydrogen) atoms. The summed E-state index contributed by atoms with van der Waals surface area (Å²) in [6.45, 7) is 12.8. The highest BCUT2D eigenvalue weighted by molar-refractivity contribution is 5.73. The summed E-state index contributed by atoms with van der Waals surface area (Å²) in [5.41, 5.74) is 1.23. The van der Waals surface area contributed by atoms with Crippen molar-refractivity contribution < 1.29 is 9.53 Å². The fourth-order valence-electron chi connectivity index (χ4n) is 2.78. The molecular weight excluding hydrogens is 188 g/mol. The maximum absolute atomic E-state index is 11.7. The van der Waals surface area contributed by atoms with E-state index in [1.165, 1.54) is 5.57 Å². The molecule has 0 heterocycles. The van der Waals surface area contributed by atoms with Gasteiger partial charge in [0.1, 0.15) is 0 Å². The van der Waals surface area contributed by atoms with Crippen LogP contribution < -0.4 is 0 Å². The van der Waals surface area contributed by atoms with E-state index in [-0.39, 0.29) is 11.9 Å². The van der Waals surface area contributed by atoms with Crippen molar-refractivity contribution in [1.29, 1.82) is 0 Å². The summed E-state index contributed by atoms with van der Waals surface area (Å²) < 4.78 is 5.07. The normalized spacial score (nSPS) is 32.8. The third-order valence-electron chi connectivity index (χ3n) is 3.60. The van der Waals surface area contributed by atoms with Crippen molar-refractivity contribution in [3.63, 3.8) is 0 Å². The fraction of sp³-hybridized carbons (Fsp3) is 0.769. The number of hydrogen-bond acceptors (Lipinski definition) is 2. The van der Waals surface area contributed by atoms with Crippen LogP contribution in [0.3, 0.4) is 0 Å². The summed E-state index contributed by atoms with van der Waals surface area (Å²) in [5, 5.41) is 0. The molecule has 0 aliphatic heterocycles. The molecule has 0 N–H and O–H groups in total. The maximum atomic E-state index is 11.7. The molecule has 2 unspecified atom stereocenters. The Hall–Kier alpha value is -0.790. The Bertz CT molecular complexity index is 257. The van der Waals surface area contributed by atoms with Gasteiger partial charge in [0, 0.05) is 0 Å². The number of allylic oxidation sites excluding steroid dienone is 1. The predicted octanol–water partition coefficient (Wildman–Crippen LogP) is 3.03. The van der Waals surface area contributed by atoms with Gasteiger partial charge in [0.25, 0.3) is 0 Å². The molecule has 0 saturated heterocycles. The molecule has 2 nitrogen and oxygen atoms in total. The standard InChI is InChI=1S/C13H22O2/c1-6-15-13(14)11(5)12-9(3)7-8(2)10(12)4/h8-9,11-12H,4,6-7H2,1-3,5H3/t8-,9+,11?,12?/m0/s1. The molecule has 1 fully saturated rings. The van der Waals surface area contributed by atoms with Crippen molar-refractivity contribution in [3.05, 3.63) is 12.2 Å². The minimum absolute atomic E-state index is 0.0441. The van der Waals surface area contributed by atoms with Gasteiger partial charge in [0.2, 0.25) is 0 Å². The summed E-state index contributed by atoms with van der Waals surface area (Å²) in [5.74, 6) is 1.27. The zero-order chi connectivity index (χ0) is 11.6. The van der Waals surface area contributed by atoms with E-state index in [1.807, 2.05) is 13.8 Å². The largest absolute Gasteiger partial charge is 0.466 e. The van der Waals surface area contributed by atoms with Crippen LogP contribution in [0.2, 0.25) is 0 Å². The highest BCUT2D eigenvalue weighted by atomic mass is 16.5. The quantitative estimate of drug-likeness (QED) is 0.528. The van der Waals surface area contributed by atoms with Crippen LogP contribution in [-0.4, -0.2) is 12.6 Å². The van der Waals surface area contributed by atoms with E-state index in [1.54, 1.807) is 0 Å². The molecule has 0 amide bonds. The van der Waals surface area contributed by atoms with Gasteiger partial charge in [0.05, 0.1) is 12.5 Å². The monoisotopic (exact) mass is 210 g/mol. The van der Waals surface area contributed by atoms with E-state index in [0.717, 1.165) is 6.42 Å². The predicted molar refractivity (Wildman–Crippen MR) is 61.4 cm³/mol. The second-order valence-corrected chi connectivity index (χ2v) is 4.76. The van der Waals surface area contributed by atoms with Crippen molar-refractivity contribution in [2.24, 2.45) is 23.7 Å². The maximum Gasteiger partial charge on any atom is 0.309 e. The smallest absolute Gasteiger partial charge is 0.309 e. The molecule has 0 aromatic rings. The van der Waals surface area contributed by atoms with Crippen LogP contribution in [0.15, 0.2) is 12.2 Å². The summed E-state index contributed by atoms with van der Waals surface area (Å²) in [6, 6.07) is 0. The van der Waals surface area contributed by atoms with Gasteiger partial charge in [-0.05, 0) is 31.1 Å². The van der Waals surface area contributed by atoms with Crippen LogP contribution >= 0.6 is 0 Å². The molecule has 1 aliphatic rings. The fourth-order valence-corrected chi connectivity index (χ4v) is 2.78. The van der Waals surface area contributed by atoms with Crippen LogP contribution in [0.4, 0.5) is 0 Å². The van der Waals surface area contributed by atoms with Crippen LogP contribution in [0.1, 0.15) is 34.1 Å². The SMILES string of the molecule is C=C1C(C(C)C(=O)OCC)[C@H](C)C[C@@H]1C. The summed E-state index contributed by atoms with van der Waals surface area (Å²) >= 11 is 0. The van der Waals surface area contributed by atoms with Crippen LogP contribution in [0, 0.1) is 23.7 Å². The Kier molecular flexibility index (Phi) is 3.95.